The fraction of sp³-hybridized carbons (Fsp3) is 0.234. The molecule has 0 aromatic heterocycles. The first-order valence-electron chi connectivity index (χ1n) is 18.4. The molecule has 2 heteroatoms. The molecule has 0 unspecified atom stereocenters. The molecule has 250 valence electrons. The lowest BCUT2D eigenvalue weighted by atomic mass is 9.14. The number of hydrogen-bond donors (Lipinski definition) is 0. The normalized spacial score (nSPS) is 11.4. The predicted molar refractivity (Wildman–Crippen MR) is 223 cm³/mol. The molecule has 6 aromatic carbocycles. The van der Waals surface area contributed by atoms with Crippen molar-refractivity contribution in [1.29, 1.82) is 0 Å². The summed E-state index contributed by atoms with van der Waals surface area (Å²) in [4.78, 5) is 0. The average Bonchev–Trinajstić information content (AvgIpc) is 3.15. The Morgan fingerprint density at radius 2 is 0.694 bits per heavy atom. The van der Waals surface area contributed by atoms with Gasteiger partial charge in [-0.15, -0.1) is 0 Å². The molecule has 0 aliphatic heterocycles. The van der Waals surface area contributed by atoms with Gasteiger partial charge in [-0.2, -0.15) is 22.7 Å². The van der Waals surface area contributed by atoms with Crippen molar-refractivity contribution in [3.05, 3.63) is 180 Å². The number of hydrogen-bond acceptors (Lipinski definition) is 0. The van der Waals surface area contributed by atoms with Crippen LogP contribution >= 0.6 is 7.26 Å². The molecular formula is C47H54BP. The molecule has 0 aliphatic rings. The zero-order valence-electron chi connectivity index (χ0n) is 30.4. The number of aryl methyl sites for hydroxylation is 3. The molecule has 0 fully saturated rings. The Hall–Kier alpha value is -4.19. The Kier molecular flexibility index (Phi) is 12.9. The molecular weight excluding hydrogens is 606 g/mol. The second-order valence-corrected chi connectivity index (χ2v) is 17.4. The van der Waals surface area contributed by atoms with Crippen molar-refractivity contribution in [1.82, 2.24) is 0 Å². The highest BCUT2D eigenvalue weighted by Crippen LogP contribution is 2.55. The van der Waals surface area contributed by atoms with Crippen LogP contribution in [0.15, 0.2) is 164 Å². The van der Waals surface area contributed by atoms with E-state index >= 15 is 0 Å². The van der Waals surface area contributed by atoms with Crippen LogP contribution in [0.4, 0.5) is 0 Å². The Bertz CT molecular complexity index is 1600. The highest BCUT2D eigenvalue weighted by atomic mass is 31.2. The first-order chi connectivity index (χ1) is 23.9. The summed E-state index contributed by atoms with van der Waals surface area (Å²) >= 11 is 0. The van der Waals surface area contributed by atoms with Gasteiger partial charge in [0.05, 0.1) is 12.3 Å². The molecule has 0 atom stereocenters. The van der Waals surface area contributed by atoms with E-state index in [0.29, 0.717) is 0 Å². The van der Waals surface area contributed by atoms with E-state index in [-0.39, 0.29) is 0 Å². The van der Waals surface area contributed by atoms with Crippen LogP contribution in [0.3, 0.4) is 0 Å². The Morgan fingerprint density at radius 3 is 0.980 bits per heavy atom. The second kappa shape index (κ2) is 17.5. The van der Waals surface area contributed by atoms with Crippen molar-refractivity contribution >= 4 is 45.7 Å². The van der Waals surface area contributed by atoms with Crippen molar-refractivity contribution in [2.24, 2.45) is 0 Å². The maximum Gasteiger partial charge on any atom is 0.112 e. The monoisotopic (exact) mass is 660 g/mol. The van der Waals surface area contributed by atoms with Crippen molar-refractivity contribution < 1.29 is 0 Å². The fourth-order valence-corrected chi connectivity index (χ4v) is 12.1. The summed E-state index contributed by atoms with van der Waals surface area (Å²) in [6.45, 7) is 11.1. The Labute approximate surface area is 297 Å². The lowest BCUT2D eigenvalue weighted by molar-refractivity contribution is 0.874. The van der Waals surface area contributed by atoms with Gasteiger partial charge in [-0.1, -0.05) is 177 Å². The third-order valence-corrected chi connectivity index (χ3v) is 14.9. The Morgan fingerprint density at radius 1 is 0.388 bits per heavy atom. The second-order valence-electron chi connectivity index (χ2n) is 13.8. The molecule has 0 N–H and O–H groups in total. The number of rotatable bonds is 12. The van der Waals surface area contributed by atoms with Gasteiger partial charge in [-0.05, 0) is 63.6 Å². The van der Waals surface area contributed by atoms with Crippen LogP contribution in [0.1, 0.15) is 56.2 Å². The van der Waals surface area contributed by atoms with E-state index in [0.717, 1.165) is 0 Å². The molecule has 0 saturated carbocycles. The van der Waals surface area contributed by atoms with Crippen molar-refractivity contribution in [2.75, 3.05) is 6.16 Å². The standard InChI is InChI=1S/C25H30B.C22H24P/c1-5-6-19-26(23-13-7-20(2)8-14-23,24-15-9-21(3)10-16-24)25-17-11-22(4)12-18-25;1-2-3-19-23(20-13-7-4-8-14-20,21-15-9-5-10-16-21)22-17-11-6-12-18-22/h7-18H,5-6,19H2,1-4H3;4-18H,2-3,19H2,1H3/q-1;+1. The zero-order chi connectivity index (χ0) is 34.5. The predicted octanol–water partition coefficient (Wildman–Crippen LogP) is 9.66. The molecule has 0 aliphatic carbocycles. The third-order valence-electron chi connectivity index (χ3n) is 10.4. The molecule has 0 radical (unpaired) electrons. The van der Waals surface area contributed by atoms with Crippen LogP contribution < -0.4 is 32.3 Å². The number of benzene rings is 6. The van der Waals surface area contributed by atoms with Gasteiger partial charge in [0, 0.05) is 0 Å². The molecule has 0 bridgehead atoms. The van der Waals surface area contributed by atoms with Gasteiger partial charge in [0.15, 0.2) is 0 Å². The van der Waals surface area contributed by atoms with Crippen molar-refractivity contribution in [3.8, 4) is 0 Å². The maximum absolute atomic E-state index is 2.35. The van der Waals surface area contributed by atoms with Gasteiger partial charge < -0.3 is 0 Å². The third kappa shape index (κ3) is 8.34. The first-order valence-corrected chi connectivity index (χ1v) is 20.3. The minimum Gasteiger partial charge on any atom is -0.200 e. The maximum atomic E-state index is 2.35. The fourth-order valence-electron chi connectivity index (χ4n) is 7.55. The highest BCUT2D eigenvalue weighted by Gasteiger charge is 2.44. The number of unbranched alkanes of at least 4 members (excludes halogenated alkanes) is 2. The average molecular weight is 661 g/mol. The summed E-state index contributed by atoms with van der Waals surface area (Å²) in [6, 6.07) is 61.1. The largest absolute Gasteiger partial charge is 0.200 e. The van der Waals surface area contributed by atoms with E-state index in [2.05, 4.69) is 198 Å². The van der Waals surface area contributed by atoms with Gasteiger partial charge >= 0.3 is 0 Å². The summed E-state index contributed by atoms with van der Waals surface area (Å²) in [7, 11) is -1.57. The summed E-state index contributed by atoms with van der Waals surface area (Å²) in [6.07, 6.45) is 6.40. The smallest absolute Gasteiger partial charge is 0.112 e. The van der Waals surface area contributed by atoms with Gasteiger partial charge in [0.25, 0.3) is 0 Å². The van der Waals surface area contributed by atoms with Gasteiger partial charge in [0.1, 0.15) is 23.2 Å². The van der Waals surface area contributed by atoms with Crippen molar-refractivity contribution in [3.63, 3.8) is 0 Å². The lowest BCUT2D eigenvalue weighted by Crippen LogP contribution is -2.67. The van der Waals surface area contributed by atoms with Crippen LogP contribution in [0.25, 0.3) is 0 Å². The minimum absolute atomic E-state index is 0.957. The van der Waals surface area contributed by atoms with E-state index in [1.165, 1.54) is 87.2 Å². The SMILES string of the molecule is CCCC[B-](c1ccc(C)cc1)(c1ccc(C)cc1)c1ccc(C)cc1.CCCC[P+](c1ccccc1)(c1ccccc1)c1ccccc1. The summed E-state index contributed by atoms with van der Waals surface area (Å²) in [5.74, 6) is 0. The molecule has 6 aromatic rings. The van der Waals surface area contributed by atoms with Crippen LogP contribution in [-0.4, -0.2) is 12.3 Å². The summed E-state index contributed by atoms with van der Waals surface area (Å²) in [5.41, 5.74) is 8.33. The van der Waals surface area contributed by atoms with E-state index in [4.69, 9.17) is 0 Å². The van der Waals surface area contributed by atoms with Crippen LogP contribution in [-0.2, 0) is 0 Å². The highest BCUT2D eigenvalue weighted by molar-refractivity contribution is 7.95. The molecule has 0 spiro atoms. The van der Waals surface area contributed by atoms with E-state index in [1.807, 2.05) is 0 Å². The molecule has 49 heavy (non-hydrogen) atoms. The van der Waals surface area contributed by atoms with Gasteiger partial charge in [-0.3, -0.25) is 0 Å². The summed E-state index contributed by atoms with van der Waals surface area (Å²) in [5, 5.41) is 4.47. The quantitative estimate of drug-likeness (QED) is 0.0906. The molecule has 0 amide bonds. The van der Waals surface area contributed by atoms with Crippen LogP contribution in [0.5, 0.6) is 0 Å². The zero-order valence-corrected chi connectivity index (χ0v) is 31.3. The molecule has 6 rings (SSSR count). The molecule has 0 saturated heterocycles. The topological polar surface area (TPSA) is 0 Å². The molecule has 0 nitrogen and oxygen atoms in total. The Balaban J connectivity index is 0.000000192. The minimum atomic E-state index is -1.57. The van der Waals surface area contributed by atoms with Crippen molar-refractivity contribution in [2.45, 2.75) is 66.6 Å². The first kappa shape index (κ1) is 36.1. The van der Waals surface area contributed by atoms with Gasteiger partial charge in [0.2, 0.25) is 0 Å². The molecule has 0 heterocycles. The van der Waals surface area contributed by atoms with Crippen LogP contribution in [0, 0.1) is 20.8 Å². The lowest BCUT2D eigenvalue weighted by Gasteiger charge is -2.43. The summed E-state index contributed by atoms with van der Waals surface area (Å²) < 4.78 is 0. The van der Waals surface area contributed by atoms with E-state index in [1.54, 1.807) is 0 Å². The van der Waals surface area contributed by atoms with Gasteiger partial charge in [-0.25, -0.2) is 0 Å². The van der Waals surface area contributed by atoms with Crippen LogP contribution in [0.2, 0.25) is 6.32 Å². The van der Waals surface area contributed by atoms with E-state index in [9.17, 15) is 0 Å². The van der Waals surface area contributed by atoms with E-state index < -0.39 is 13.4 Å².